The van der Waals surface area contributed by atoms with Gasteiger partial charge in [0, 0.05) is 0 Å². The van der Waals surface area contributed by atoms with Gasteiger partial charge in [-0.2, -0.15) is 0 Å². The molecule has 2 rings (SSSR count). The summed E-state index contributed by atoms with van der Waals surface area (Å²) in [6.45, 7) is 0. The van der Waals surface area contributed by atoms with E-state index in [1.165, 1.54) is 0 Å². The molecule has 2 fully saturated rings. The topological polar surface area (TPSA) is 202 Å². The van der Waals surface area contributed by atoms with Gasteiger partial charge in [-0.05, 0) is 0 Å². The van der Waals surface area contributed by atoms with Crippen molar-refractivity contribution >= 4 is 0 Å². The fourth-order valence-electron chi connectivity index (χ4n) is 2.02. The smallest absolute Gasteiger partial charge is 0.111 e. The average Bonchev–Trinajstić information content (AvgIpc) is 2.71. The highest BCUT2D eigenvalue weighted by molar-refractivity contribution is 4.98. The van der Waals surface area contributed by atoms with Gasteiger partial charge >= 0.3 is 0 Å². The van der Waals surface area contributed by atoms with Crippen molar-refractivity contribution in [2.24, 2.45) is 0 Å². The first-order valence-corrected chi connectivity index (χ1v) is 5.92. The lowest BCUT2D eigenvalue weighted by molar-refractivity contribution is -0.0413. The first kappa shape index (κ1) is 17.7. The molecule has 0 radical (unpaired) electrons. The second-order valence-corrected chi connectivity index (χ2v) is 4.91. The summed E-state index contributed by atoms with van der Waals surface area (Å²) >= 11 is 0. The maximum Gasteiger partial charge on any atom is 0.111 e. The molecule has 0 aromatic carbocycles. The van der Waals surface area contributed by atoms with E-state index in [2.05, 4.69) is 0 Å². The third-order valence-electron chi connectivity index (χ3n) is 3.50. The molecule has 0 saturated heterocycles. The van der Waals surface area contributed by atoms with Crippen LogP contribution in [0.4, 0.5) is 0 Å². The van der Waals surface area contributed by atoms with Crippen LogP contribution in [0.1, 0.15) is 0 Å². The molecule has 0 bridgehead atoms. The minimum atomic E-state index is -1.45. The number of aliphatic hydroxyl groups is 10. The van der Waals surface area contributed by atoms with Gasteiger partial charge in [-0.3, -0.25) is 0 Å². The Hall–Kier alpha value is -0.400. The van der Waals surface area contributed by atoms with Crippen molar-refractivity contribution in [3.63, 3.8) is 0 Å². The molecule has 0 aromatic heterocycles. The molecule has 0 amide bonds. The third-order valence-corrected chi connectivity index (χ3v) is 3.50. The van der Waals surface area contributed by atoms with E-state index >= 15 is 0 Å². The summed E-state index contributed by atoms with van der Waals surface area (Å²) in [6.07, 6.45) is -14.5. The molecule has 20 heavy (non-hydrogen) atoms. The van der Waals surface area contributed by atoms with Crippen molar-refractivity contribution in [3.05, 3.63) is 0 Å². The lowest BCUT2D eigenvalue weighted by atomic mass is 10.2. The summed E-state index contributed by atoms with van der Waals surface area (Å²) in [5, 5.41) is 87.9. The summed E-state index contributed by atoms with van der Waals surface area (Å²) in [5.74, 6) is 0. The molecule has 0 atom stereocenters. The molecular formula is C10H20O10. The van der Waals surface area contributed by atoms with Gasteiger partial charge in [0.2, 0.25) is 0 Å². The van der Waals surface area contributed by atoms with Gasteiger partial charge in [0.1, 0.15) is 61.0 Å². The molecule has 0 unspecified atom stereocenters. The zero-order valence-corrected chi connectivity index (χ0v) is 10.2. The van der Waals surface area contributed by atoms with Crippen molar-refractivity contribution in [2.75, 3.05) is 0 Å². The molecule has 10 nitrogen and oxygen atoms in total. The Kier molecular flexibility index (Phi) is 5.80. The lowest BCUT2D eigenvalue weighted by Gasteiger charge is -2.09. The highest BCUT2D eigenvalue weighted by atomic mass is 16.4. The van der Waals surface area contributed by atoms with Gasteiger partial charge in [0.15, 0.2) is 0 Å². The van der Waals surface area contributed by atoms with E-state index in [-0.39, 0.29) is 0 Å². The predicted octanol–water partition coefficient (Wildman–Crippen LogP) is -6.39. The number of rotatable bonds is 0. The third kappa shape index (κ3) is 3.09. The maximum absolute atomic E-state index is 8.79. The molecule has 0 aromatic rings. The molecule has 2 aliphatic rings. The summed E-state index contributed by atoms with van der Waals surface area (Å²) < 4.78 is 0. The molecule has 10 heteroatoms. The van der Waals surface area contributed by atoms with E-state index in [1.807, 2.05) is 0 Å². The van der Waals surface area contributed by atoms with Crippen LogP contribution in [0.3, 0.4) is 0 Å². The molecule has 0 spiro atoms. The van der Waals surface area contributed by atoms with Crippen LogP contribution in [0.15, 0.2) is 0 Å². The summed E-state index contributed by atoms with van der Waals surface area (Å²) in [6, 6.07) is 0. The van der Waals surface area contributed by atoms with Crippen LogP contribution in [-0.2, 0) is 0 Å². The Balaban J connectivity index is 0.000000200. The predicted molar refractivity (Wildman–Crippen MR) is 60.1 cm³/mol. The first-order chi connectivity index (χ1) is 9.11. The second kappa shape index (κ2) is 6.58. The standard InChI is InChI=1S/2C5H10O5/c2*6-1-2(7)4(9)5(10)3(1)8/h2*1-10H. The van der Waals surface area contributed by atoms with Crippen molar-refractivity contribution in [2.45, 2.75) is 61.0 Å². The minimum absolute atomic E-state index is 1.45. The van der Waals surface area contributed by atoms with Crippen LogP contribution in [0, 0.1) is 0 Å². The van der Waals surface area contributed by atoms with E-state index in [1.54, 1.807) is 0 Å². The summed E-state index contributed by atoms with van der Waals surface area (Å²) in [4.78, 5) is 0. The largest absolute Gasteiger partial charge is 0.387 e. The van der Waals surface area contributed by atoms with E-state index in [0.29, 0.717) is 0 Å². The van der Waals surface area contributed by atoms with E-state index in [4.69, 9.17) is 51.1 Å². The number of hydrogen-bond donors (Lipinski definition) is 10. The van der Waals surface area contributed by atoms with E-state index in [9.17, 15) is 0 Å². The van der Waals surface area contributed by atoms with Gasteiger partial charge in [-0.1, -0.05) is 0 Å². The summed E-state index contributed by atoms with van der Waals surface area (Å²) in [5.41, 5.74) is 0. The molecule has 0 heterocycles. The first-order valence-electron chi connectivity index (χ1n) is 5.92. The molecule has 2 aliphatic carbocycles. The lowest BCUT2D eigenvalue weighted by Crippen LogP contribution is -2.32. The average molecular weight is 300 g/mol. The van der Waals surface area contributed by atoms with Crippen molar-refractivity contribution in [1.29, 1.82) is 0 Å². The van der Waals surface area contributed by atoms with Crippen molar-refractivity contribution in [3.8, 4) is 0 Å². The fourth-order valence-corrected chi connectivity index (χ4v) is 2.02. The Labute approximate surface area is 113 Å². The van der Waals surface area contributed by atoms with Gasteiger partial charge < -0.3 is 51.1 Å². The van der Waals surface area contributed by atoms with Gasteiger partial charge in [0.05, 0.1) is 0 Å². The SMILES string of the molecule is OC1C(O)C(O)C(O)C1O.OC1C(O)C(O)C(O)C1O. The van der Waals surface area contributed by atoms with Gasteiger partial charge in [-0.25, -0.2) is 0 Å². The van der Waals surface area contributed by atoms with Crippen LogP contribution in [0.25, 0.3) is 0 Å². The Morgan fingerprint density at radius 2 is 0.250 bits per heavy atom. The van der Waals surface area contributed by atoms with Gasteiger partial charge in [-0.15, -0.1) is 0 Å². The molecule has 0 aliphatic heterocycles. The number of aliphatic hydroxyl groups excluding tert-OH is 10. The Bertz CT molecular complexity index is 195. The normalized spacial score (nSPS) is 55.5. The molecule has 10 N–H and O–H groups in total. The molecule has 2 saturated carbocycles. The van der Waals surface area contributed by atoms with E-state index in [0.717, 1.165) is 0 Å². The maximum atomic E-state index is 8.79. The quantitative estimate of drug-likeness (QED) is 0.205. The van der Waals surface area contributed by atoms with Crippen molar-refractivity contribution in [1.82, 2.24) is 0 Å². The Morgan fingerprint density at radius 3 is 0.300 bits per heavy atom. The summed E-state index contributed by atoms with van der Waals surface area (Å²) in [7, 11) is 0. The zero-order valence-electron chi connectivity index (χ0n) is 10.2. The van der Waals surface area contributed by atoms with Crippen molar-refractivity contribution < 1.29 is 51.1 Å². The van der Waals surface area contributed by atoms with Gasteiger partial charge in [0.25, 0.3) is 0 Å². The molecule has 120 valence electrons. The number of hydrogen-bond acceptors (Lipinski definition) is 10. The van der Waals surface area contributed by atoms with Crippen LogP contribution < -0.4 is 0 Å². The zero-order chi connectivity index (χ0) is 15.8. The highest BCUT2D eigenvalue weighted by Gasteiger charge is 2.47. The monoisotopic (exact) mass is 300 g/mol. The second-order valence-electron chi connectivity index (χ2n) is 4.91. The van der Waals surface area contributed by atoms with Crippen LogP contribution in [0.2, 0.25) is 0 Å². The Morgan fingerprint density at radius 1 is 0.200 bits per heavy atom. The minimum Gasteiger partial charge on any atom is -0.387 e. The van der Waals surface area contributed by atoms with Crippen LogP contribution >= 0.6 is 0 Å². The van der Waals surface area contributed by atoms with Crippen LogP contribution in [0.5, 0.6) is 0 Å². The highest BCUT2D eigenvalue weighted by Crippen LogP contribution is 2.21. The molecular weight excluding hydrogens is 280 g/mol. The fraction of sp³-hybridized carbons (Fsp3) is 1.00. The van der Waals surface area contributed by atoms with Crippen LogP contribution in [-0.4, -0.2) is 112 Å². The van der Waals surface area contributed by atoms with E-state index < -0.39 is 61.0 Å².